The van der Waals surface area contributed by atoms with Gasteiger partial charge in [0.05, 0.1) is 0 Å². The Morgan fingerprint density at radius 1 is 1.12 bits per heavy atom. The third-order valence-corrected chi connectivity index (χ3v) is 5.13. The number of piperidine rings is 1. The first-order chi connectivity index (χ1) is 12.3. The molecule has 3 rings (SSSR count). The van der Waals surface area contributed by atoms with E-state index < -0.39 is 0 Å². The van der Waals surface area contributed by atoms with Crippen LogP contribution in [0.5, 0.6) is 0 Å². The fourth-order valence-corrected chi connectivity index (χ4v) is 3.50. The van der Waals surface area contributed by atoms with Crippen LogP contribution in [-0.2, 0) is 6.42 Å². The second-order valence-electron chi connectivity index (χ2n) is 7.11. The molecule has 1 aliphatic rings. The molecule has 0 amide bonds. The number of aromatic nitrogens is 2. The lowest BCUT2D eigenvalue weighted by Crippen LogP contribution is -2.35. The Kier molecular flexibility index (Phi) is 6.26. The molecule has 134 valence electrons. The van der Waals surface area contributed by atoms with Gasteiger partial charge in [-0.25, -0.2) is 4.98 Å². The average molecular weight is 338 g/mol. The second-order valence-corrected chi connectivity index (χ2v) is 7.11. The van der Waals surface area contributed by atoms with Gasteiger partial charge < -0.3 is 9.80 Å². The predicted molar refractivity (Wildman–Crippen MR) is 105 cm³/mol. The zero-order chi connectivity index (χ0) is 17.5. The van der Waals surface area contributed by atoms with Crippen molar-refractivity contribution in [1.82, 2.24) is 9.97 Å². The number of hydrogen-bond acceptors (Lipinski definition) is 4. The van der Waals surface area contributed by atoms with Gasteiger partial charge >= 0.3 is 0 Å². The zero-order valence-electron chi connectivity index (χ0n) is 15.6. The molecule has 0 atom stereocenters. The fraction of sp³-hybridized carbons (Fsp3) is 0.524. The van der Waals surface area contributed by atoms with Crippen LogP contribution in [0.3, 0.4) is 0 Å². The summed E-state index contributed by atoms with van der Waals surface area (Å²) in [4.78, 5) is 13.9. The summed E-state index contributed by atoms with van der Waals surface area (Å²) in [5, 5.41) is 0. The van der Waals surface area contributed by atoms with Crippen molar-refractivity contribution in [3.05, 3.63) is 48.2 Å². The molecule has 0 spiro atoms. The number of rotatable bonds is 7. The van der Waals surface area contributed by atoms with Crippen LogP contribution in [0.2, 0.25) is 0 Å². The monoisotopic (exact) mass is 338 g/mol. The first-order valence-electron chi connectivity index (χ1n) is 9.59. The molecule has 1 saturated heterocycles. The number of hydrogen-bond donors (Lipinski definition) is 0. The number of nitrogens with zero attached hydrogens (tertiary/aromatic N) is 4. The average Bonchev–Trinajstić information content (AvgIpc) is 2.67. The second kappa shape index (κ2) is 8.84. The molecule has 2 aromatic rings. The van der Waals surface area contributed by atoms with E-state index >= 15 is 0 Å². The van der Waals surface area contributed by atoms with Crippen LogP contribution in [-0.4, -0.2) is 36.6 Å². The predicted octanol–water partition coefficient (Wildman–Crippen LogP) is 4.17. The summed E-state index contributed by atoms with van der Waals surface area (Å²) in [6, 6.07) is 12.9. The van der Waals surface area contributed by atoms with Gasteiger partial charge in [-0.1, -0.05) is 43.7 Å². The Labute approximate surface area is 151 Å². The van der Waals surface area contributed by atoms with Crippen molar-refractivity contribution < 1.29 is 0 Å². The quantitative estimate of drug-likeness (QED) is 0.758. The molecule has 0 aliphatic carbocycles. The van der Waals surface area contributed by atoms with E-state index in [2.05, 4.69) is 59.1 Å². The summed E-state index contributed by atoms with van der Waals surface area (Å²) in [5.74, 6) is 2.69. The molecule has 25 heavy (non-hydrogen) atoms. The summed E-state index contributed by atoms with van der Waals surface area (Å²) in [7, 11) is 2.12. The lowest BCUT2D eigenvalue weighted by molar-refractivity contribution is 0.400. The van der Waals surface area contributed by atoms with Gasteiger partial charge in [-0.3, -0.25) is 0 Å². The topological polar surface area (TPSA) is 32.3 Å². The van der Waals surface area contributed by atoms with E-state index in [0.29, 0.717) is 0 Å². The molecule has 1 aromatic carbocycles. The van der Waals surface area contributed by atoms with Gasteiger partial charge in [0.1, 0.15) is 5.82 Å². The van der Waals surface area contributed by atoms with Crippen LogP contribution in [0.25, 0.3) is 0 Å². The van der Waals surface area contributed by atoms with Crippen LogP contribution in [0.15, 0.2) is 42.6 Å². The third-order valence-electron chi connectivity index (χ3n) is 5.13. The molecular formula is C21H30N4. The van der Waals surface area contributed by atoms with Crippen molar-refractivity contribution in [3.8, 4) is 0 Å². The van der Waals surface area contributed by atoms with Crippen LogP contribution in [0.4, 0.5) is 11.8 Å². The molecule has 1 fully saturated rings. The molecule has 4 nitrogen and oxygen atoms in total. The fourth-order valence-electron chi connectivity index (χ4n) is 3.50. The summed E-state index contributed by atoms with van der Waals surface area (Å²) < 4.78 is 0. The van der Waals surface area contributed by atoms with E-state index in [0.717, 1.165) is 37.3 Å². The third kappa shape index (κ3) is 4.94. The maximum Gasteiger partial charge on any atom is 0.227 e. The highest BCUT2D eigenvalue weighted by Gasteiger charge is 2.21. The van der Waals surface area contributed by atoms with Crippen LogP contribution in [0.1, 0.15) is 38.2 Å². The van der Waals surface area contributed by atoms with E-state index in [1.165, 1.54) is 37.7 Å². The minimum absolute atomic E-state index is 0.772. The lowest BCUT2D eigenvalue weighted by Gasteiger charge is -2.32. The van der Waals surface area contributed by atoms with Gasteiger partial charge in [0.15, 0.2) is 0 Å². The van der Waals surface area contributed by atoms with Crippen molar-refractivity contribution in [2.24, 2.45) is 5.92 Å². The van der Waals surface area contributed by atoms with Crippen molar-refractivity contribution in [2.75, 3.05) is 36.5 Å². The highest BCUT2D eigenvalue weighted by atomic mass is 15.3. The van der Waals surface area contributed by atoms with Gasteiger partial charge in [0.25, 0.3) is 0 Å². The molecule has 2 heterocycles. The minimum Gasteiger partial charge on any atom is -0.360 e. The molecule has 0 saturated carbocycles. The van der Waals surface area contributed by atoms with E-state index in [-0.39, 0.29) is 0 Å². The van der Waals surface area contributed by atoms with Crippen molar-refractivity contribution in [3.63, 3.8) is 0 Å². The van der Waals surface area contributed by atoms with Crippen molar-refractivity contribution >= 4 is 11.8 Å². The Morgan fingerprint density at radius 2 is 1.88 bits per heavy atom. The number of anilines is 2. The summed E-state index contributed by atoms with van der Waals surface area (Å²) >= 11 is 0. The molecule has 1 aliphatic heterocycles. The SMILES string of the molecule is CCCCN(C)c1ccnc(N2CCC(Cc3ccccc3)CC2)n1. The molecule has 0 bridgehead atoms. The van der Waals surface area contributed by atoms with Crippen LogP contribution < -0.4 is 9.80 Å². The van der Waals surface area contributed by atoms with E-state index in [4.69, 9.17) is 4.98 Å². The molecule has 0 N–H and O–H groups in total. The minimum atomic E-state index is 0.772. The summed E-state index contributed by atoms with van der Waals surface area (Å²) in [6.45, 7) is 5.38. The van der Waals surface area contributed by atoms with Gasteiger partial charge in [-0.15, -0.1) is 0 Å². The van der Waals surface area contributed by atoms with E-state index in [1.54, 1.807) is 0 Å². The van der Waals surface area contributed by atoms with Crippen LogP contribution >= 0.6 is 0 Å². The molecule has 0 unspecified atom stereocenters. The number of benzene rings is 1. The first kappa shape index (κ1) is 17.7. The van der Waals surface area contributed by atoms with Gasteiger partial charge in [-0.2, -0.15) is 4.98 Å². The van der Waals surface area contributed by atoms with E-state index in [9.17, 15) is 0 Å². The van der Waals surface area contributed by atoms with Gasteiger partial charge in [-0.05, 0) is 43.2 Å². The Hall–Kier alpha value is -2.10. The maximum absolute atomic E-state index is 4.80. The smallest absolute Gasteiger partial charge is 0.227 e. The van der Waals surface area contributed by atoms with Crippen molar-refractivity contribution in [1.29, 1.82) is 0 Å². The van der Waals surface area contributed by atoms with Crippen LogP contribution in [0, 0.1) is 5.92 Å². The zero-order valence-corrected chi connectivity index (χ0v) is 15.6. The van der Waals surface area contributed by atoms with E-state index in [1.807, 2.05) is 12.3 Å². The van der Waals surface area contributed by atoms with Gasteiger partial charge in [0.2, 0.25) is 5.95 Å². The largest absolute Gasteiger partial charge is 0.360 e. The first-order valence-corrected chi connectivity index (χ1v) is 9.59. The number of unbranched alkanes of at least 4 members (excludes halogenated alkanes) is 1. The highest BCUT2D eigenvalue weighted by Crippen LogP contribution is 2.24. The highest BCUT2D eigenvalue weighted by molar-refractivity contribution is 5.43. The lowest BCUT2D eigenvalue weighted by atomic mass is 9.90. The Morgan fingerprint density at radius 3 is 2.60 bits per heavy atom. The summed E-state index contributed by atoms with van der Waals surface area (Å²) in [5.41, 5.74) is 1.46. The molecule has 0 radical (unpaired) electrons. The molecule has 4 heteroatoms. The standard InChI is InChI=1S/C21H30N4/c1-3-4-14-24(2)20-10-13-22-21(23-20)25-15-11-19(12-16-25)17-18-8-6-5-7-9-18/h5-10,13,19H,3-4,11-12,14-17H2,1-2H3. The maximum atomic E-state index is 4.80. The summed E-state index contributed by atoms with van der Waals surface area (Å²) in [6.07, 6.45) is 7.92. The Balaban J connectivity index is 1.55. The molecule has 1 aromatic heterocycles. The molecular weight excluding hydrogens is 308 g/mol. The van der Waals surface area contributed by atoms with Gasteiger partial charge in [0, 0.05) is 32.9 Å². The Bertz CT molecular complexity index is 635. The normalized spacial score (nSPS) is 15.4. The van der Waals surface area contributed by atoms with Crippen molar-refractivity contribution in [2.45, 2.75) is 39.0 Å².